The number of nitrogens with zero attached hydrogens (tertiary/aromatic N) is 3. The molecule has 4 rings (SSSR count). The lowest BCUT2D eigenvalue weighted by Crippen LogP contribution is -2.31. The Morgan fingerprint density at radius 1 is 0.914 bits per heavy atom. The normalized spacial score (nSPS) is 10.8. The van der Waals surface area contributed by atoms with Crippen LogP contribution in [0.15, 0.2) is 77.6 Å². The van der Waals surface area contributed by atoms with Crippen molar-refractivity contribution in [3.63, 3.8) is 0 Å². The van der Waals surface area contributed by atoms with Gasteiger partial charge >= 0.3 is 0 Å². The van der Waals surface area contributed by atoms with Crippen LogP contribution in [0.5, 0.6) is 0 Å². The van der Waals surface area contributed by atoms with Crippen molar-refractivity contribution in [2.45, 2.75) is 20.4 Å². The summed E-state index contributed by atoms with van der Waals surface area (Å²) in [7, 11) is 0. The summed E-state index contributed by atoms with van der Waals surface area (Å²) < 4.78 is 1.17. The first-order valence-corrected chi connectivity index (χ1v) is 11.7. The summed E-state index contributed by atoms with van der Waals surface area (Å²) in [6, 6.07) is 21.0. The van der Waals surface area contributed by atoms with Crippen LogP contribution in [0.25, 0.3) is 22.0 Å². The Bertz CT molecular complexity index is 1430. The third-order valence-electron chi connectivity index (χ3n) is 5.75. The van der Waals surface area contributed by atoms with Gasteiger partial charge in [-0.1, -0.05) is 41.9 Å². The minimum Gasteiger partial charge on any atom is -0.339 e. The van der Waals surface area contributed by atoms with Crippen molar-refractivity contribution in [2.75, 3.05) is 18.4 Å². The van der Waals surface area contributed by atoms with E-state index in [4.69, 9.17) is 11.6 Å². The van der Waals surface area contributed by atoms with Crippen molar-refractivity contribution in [3.05, 3.63) is 93.7 Å². The Morgan fingerprint density at radius 2 is 1.54 bits per heavy atom. The molecule has 35 heavy (non-hydrogen) atoms. The Kier molecular flexibility index (Phi) is 7.27. The minimum atomic E-state index is -0.403. The molecule has 1 aromatic heterocycles. The molecule has 1 N–H and O–H groups in total. The molecular weight excluding hydrogens is 464 g/mol. The largest absolute Gasteiger partial charge is 0.339 e. The number of nitrogens with one attached hydrogen (secondary N) is 1. The summed E-state index contributed by atoms with van der Waals surface area (Å²) in [5.74, 6) is -0.464. The lowest BCUT2D eigenvalue weighted by atomic mass is 10.1. The van der Waals surface area contributed by atoms with Crippen LogP contribution in [-0.2, 0) is 11.3 Å². The lowest BCUT2D eigenvalue weighted by molar-refractivity contribution is -0.117. The summed E-state index contributed by atoms with van der Waals surface area (Å²) in [5.41, 5.74) is 2.09. The number of carbonyl (C=O) groups excluding carboxylic acids is 2. The zero-order valence-electron chi connectivity index (χ0n) is 19.5. The Morgan fingerprint density at radius 3 is 2.17 bits per heavy atom. The van der Waals surface area contributed by atoms with Gasteiger partial charge in [0.1, 0.15) is 6.54 Å². The molecule has 7 nitrogen and oxygen atoms in total. The van der Waals surface area contributed by atoms with E-state index < -0.39 is 5.91 Å². The molecular formula is C27H25ClN4O3. The first-order chi connectivity index (χ1) is 16.9. The van der Waals surface area contributed by atoms with Crippen LogP contribution < -0.4 is 10.9 Å². The van der Waals surface area contributed by atoms with Crippen molar-refractivity contribution in [1.82, 2.24) is 14.7 Å². The molecule has 4 aromatic rings. The molecule has 0 unspecified atom stereocenters. The second-order valence-electron chi connectivity index (χ2n) is 7.97. The number of halogens is 1. The molecule has 0 saturated heterocycles. The smallest absolute Gasteiger partial charge is 0.275 e. The highest BCUT2D eigenvalue weighted by Crippen LogP contribution is 2.25. The quantitative estimate of drug-likeness (QED) is 0.403. The Hall–Kier alpha value is -3.97. The number of rotatable bonds is 7. The van der Waals surface area contributed by atoms with E-state index in [-0.39, 0.29) is 18.0 Å². The van der Waals surface area contributed by atoms with Crippen LogP contribution in [0, 0.1) is 0 Å². The van der Waals surface area contributed by atoms with E-state index in [0.29, 0.717) is 45.8 Å². The monoisotopic (exact) mass is 488 g/mol. The van der Waals surface area contributed by atoms with E-state index in [2.05, 4.69) is 10.4 Å². The van der Waals surface area contributed by atoms with E-state index >= 15 is 0 Å². The van der Waals surface area contributed by atoms with Crippen molar-refractivity contribution in [2.24, 2.45) is 0 Å². The van der Waals surface area contributed by atoms with Crippen molar-refractivity contribution in [3.8, 4) is 11.3 Å². The van der Waals surface area contributed by atoms with E-state index in [1.165, 1.54) is 4.68 Å². The fraction of sp³-hybridized carbons (Fsp3) is 0.185. The van der Waals surface area contributed by atoms with Gasteiger partial charge in [-0.05, 0) is 56.3 Å². The van der Waals surface area contributed by atoms with Gasteiger partial charge in [-0.25, -0.2) is 4.68 Å². The topological polar surface area (TPSA) is 84.3 Å². The standard InChI is InChI=1S/C27H25ClN4O3/c1-3-31(4-2)26(34)19-11-15-21(16-12-19)29-24(33)17-32-27(35)23-8-6-5-7-22(23)25(30-32)18-9-13-20(28)14-10-18/h5-16H,3-4,17H2,1-2H3,(H,29,33). The van der Waals surface area contributed by atoms with E-state index in [1.807, 2.05) is 38.1 Å². The molecule has 0 aliphatic heterocycles. The zero-order chi connectivity index (χ0) is 24.9. The van der Waals surface area contributed by atoms with Gasteiger partial charge in [0.05, 0.1) is 11.1 Å². The summed E-state index contributed by atoms with van der Waals surface area (Å²) in [5, 5.41) is 9.05. The van der Waals surface area contributed by atoms with Gasteiger partial charge < -0.3 is 10.2 Å². The highest BCUT2D eigenvalue weighted by molar-refractivity contribution is 6.30. The fourth-order valence-corrected chi connectivity index (χ4v) is 4.02. The number of hydrogen-bond acceptors (Lipinski definition) is 4. The van der Waals surface area contributed by atoms with Gasteiger partial charge in [0.15, 0.2) is 0 Å². The minimum absolute atomic E-state index is 0.0606. The number of amides is 2. The van der Waals surface area contributed by atoms with Crippen molar-refractivity contribution in [1.29, 1.82) is 0 Å². The average Bonchev–Trinajstić information content (AvgIpc) is 2.87. The molecule has 0 spiro atoms. The molecule has 0 bridgehead atoms. The molecule has 0 fully saturated rings. The van der Waals surface area contributed by atoms with Gasteiger partial charge in [0.25, 0.3) is 11.5 Å². The van der Waals surface area contributed by atoms with Gasteiger partial charge in [0.2, 0.25) is 5.91 Å². The van der Waals surface area contributed by atoms with E-state index in [0.717, 1.165) is 5.56 Å². The summed E-state index contributed by atoms with van der Waals surface area (Å²) in [6.45, 7) is 4.84. The van der Waals surface area contributed by atoms with Gasteiger partial charge in [-0.3, -0.25) is 14.4 Å². The predicted octanol–water partition coefficient (Wildman–Crippen LogP) is 4.84. The van der Waals surface area contributed by atoms with Crippen molar-refractivity contribution >= 4 is 39.9 Å². The van der Waals surface area contributed by atoms with Crippen LogP contribution in [0.1, 0.15) is 24.2 Å². The van der Waals surface area contributed by atoms with Crippen LogP contribution in [0.4, 0.5) is 5.69 Å². The molecule has 1 heterocycles. The van der Waals surface area contributed by atoms with E-state index in [9.17, 15) is 14.4 Å². The number of fused-ring (bicyclic) bond motifs is 1. The number of anilines is 1. The number of benzene rings is 3. The molecule has 8 heteroatoms. The molecule has 178 valence electrons. The molecule has 0 saturated carbocycles. The second kappa shape index (κ2) is 10.5. The molecule has 0 atom stereocenters. The van der Waals surface area contributed by atoms with Crippen LogP contribution >= 0.6 is 11.6 Å². The summed E-state index contributed by atoms with van der Waals surface area (Å²) in [6.07, 6.45) is 0. The van der Waals surface area contributed by atoms with Gasteiger partial charge in [0, 0.05) is 40.3 Å². The van der Waals surface area contributed by atoms with E-state index in [1.54, 1.807) is 53.4 Å². The maximum Gasteiger partial charge on any atom is 0.275 e. The summed E-state index contributed by atoms with van der Waals surface area (Å²) >= 11 is 6.03. The van der Waals surface area contributed by atoms with Crippen molar-refractivity contribution < 1.29 is 9.59 Å². The summed E-state index contributed by atoms with van der Waals surface area (Å²) in [4.78, 5) is 40.0. The molecule has 0 aliphatic carbocycles. The molecule has 3 aromatic carbocycles. The fourth-order valence-electron chi connectivity index (χ4n) is 3.89. The van der Waals surface area contributed by atoms with Crippen LogP contribution in [0.2, 0.25) is 5.02 Å². The van der Waals surface area contributed by atoms with Crippen LogP contribution in [-0.4, -0.2) is 39.6 Å². The van der Waals surface area contributed by atoms with Gasteiger partial charge in [-0.15, -0.1) is 0 Å². The number of hydrogen-bond donors (Lipinski definition) is 1. The SMILES string of the molecule is CCN(CC)C(=O)c1ccc(NC(=O)Cn2nc(-c3ccc(Cl)cc3)c3ccccc3c2=O)cc1. The maximum atomic E-state index is 13.1. The predicted molar refractivity (Wildman–Crippen MR) is 139 cm³/mol. The Labute approximate surface area is 207 Å². The number of aromatic nitrogens is 2. The first-order valence-electron chi connectivity index (χ1n) is 11.4. The Balaban J connectivity index is 1.58. The van der Waals surface area contributed by atoms with Crippen LogP contribution in [0.3, 0.4) is 0 Å². The lowest BCUT2D eigenvalue weighted by Gasteiger charge is -2.18. The highest BCUT2D eigenvalue weighted by atomic mass is 35.5. The first kappa shape index (κ1) is 24.2. The number of carbonyl (C=O) groups is 2. The third-order valence-corrected chi connectivity index (χ3v) is 6.00. The highest BCUT2D eigenvalue weighted by Gasteiger charge is 2.15. The average molecular weight is 489 g/mol. The molecule has 0 aliphatic rings. The maximum absolute atomic E-state index is 13.1. The van der Waals surface area contributed by atoms with Gasteiger partial charge in [-0.2, -0.15) is 5.10 Å². The molecule has 2 amide bonds. The molecule has 0 radical (unpaired) electrons. The zero-order valence-corrected chi connectivity index (χ0v) is 20.2. The second-order valence-corrected chi connectivity index (χ2v) is 8.40. The third kappa shape index (κ3) is 5.25.